The Morgan fingerprint density at radius 3 is 2.35 bits per heavy atom. The molecule has 116 valence electrons. The third-order valence-electron chi connectivity index (χ3n) is 2.63. The molecule has 0 fully saturated rings. The molecule has 11 heteroatoms. The van der Waals surface area contributed by atoms with Crippen molar-refractivity contribution >= 4 is 17.6 Å². The van der Waals surface area contributed by atoms with Gasteiger partial charge in [0.2, 0.25) is 5.88 Å². The van der Waals surface area contributed by atoms with Gasteiger partial charge in [0.05, 0.1) is 0 Å². The molecule has 0 aliphatic heterocycles. The summed E-state index contributed by atoms with van der Waals surface area (Å²) < 4.78 is 0. The quantitative estimate of drug-likeness (QED) is 0.250. The Morgan fingerprint density at radius 1 is 1.13 bits per heavy atom. The molecule has 0 aliphatic carbocycles. The van der Waals surface area contributed by atoms with Crippen molar-refractivity contribution in [2.75, 3.05) is 5.32 Å². The minimum absolute atomic E-state index is 0. The van der Waals surface area contributed by atoms with Crippen LogP contribution in [0, 0.1) is 0 Å². The van der Waals surface area contributed by atoms with Gasteiger partial charge in [0.15, 0.2) is 5.56 Å². The fraction of sp³-hybridized carbons (Fsp3) is 0. The number of aromatic carboxylic acids is 1. The van der Waals surface area contributed by atoms with Crippen LogP contribution in [0.2, 0.25) is 0 Å². The zero-order valence-corrected chi connectivity index (χ0v) is 13.7. The van der Waals surface area contributed by atoms with Gasteiger partial charge in [0.1, 0.15) is 11.3 Å². The first kappa shape index (κ1) is 18.5. The maximum absolute atomic E-state index is 11.9. The van der Waals surface area contributed by atoms with Gasteiger partial charge in [0, 0.05) is 5.69 Å². The molecule has 0 radical (unpaired) electrons. The number of H-pyrrole nitrogens is 2. The van der Waals surface area contributed by atoms with Crippen LogP contribution in [0.5, 0.6) is 11.6 Å². The van der Waals surface area contributed by atoms with Gasteiger partial charge in [-0.3, -0.25) is 19.6 Å². The summed E-state index contributed by atoms with van der Waals surface area (Å²) in [5.74, 6) is -3.92. The summed E-state index contributed by atoms with van der Waals surface area (Å²) in [6, 6.07) is 3.19. The molecule has 0 spiro atoms. The number of carboxylic acids is 1. The van der Waals surface area contributed by atoms with Crippen LogP contribution in [0.25, 0.3) is 0 Å². The zero-order chi connectivity index (χ0) is 16.4. The molecule has 6 N–H and O–H groups in total. The van der Waals surface area contributed by atoms with Crippen LogP contribution in [-0.4, -0.2) is 37.2 Å². The van der Waals surface area contributed by atoms with Crippen LogP contribution in [-0.2, 0) is 0 Å². The van der Waals surface area contributed by atoms with Crippen LogP contribution in [0.4, 0.5) is 5.69 Å². The molecule has 0 saturated heterocycles. The second-order valence-electron chi connectivity index (χ2n) is 4.12. The van der Waals surface area contributed by atoms with E-state index in [1.165, 1.54) is 6.07 Å². The number of nitrogens with one attached hydrogen (secondary N) is 3. The minimum Gasteiger partial charge on any atom is -1.00 e. The van der Waals surface area contributed by atoms with Crippen molar-refractivity contribution in [3.05, 3.63) is 50.2 Å². The van der Waals surface area contributed by atoms with Crippen molar-refractivity contribution in [2.45, 2.75) is 0 Å². The molecule has 2 aromatic rings. The van der Waals surface area contributed by atoms with E-state index in [9.17, 15) is 29.4 Å². The average molecular weight is 331 g/mol. The van der Waals surface area contributed by atoms with Gasteiger partial charge in [-0.25, -0.2) is 9.59 Å². The van der Waals surface area contributed by atoms with E-state index in [1.807, 2.05) is 4.98 Å². The van der Waals surface area contributed by atoms with E-state index in [0.29, 0.717) is 0 Å². The van der Waals surface area contributed by atoms with Gasteiger partial charge in [-0.1, -0.05) is 0 Å². The number of rotatable bonds is 3. The number of anilines is 1. The van der Waals surface area contributed by atoms with Gasteiger partial charge in [-0.2, -0.15) is 0 Å². The van der Waals surface area contributed by atoms with Gasteiger partial charge in [-0.05, 0) is 18.2 Å². The molecule has 1 heterocycles. The first-order valence-electron chi connectivity index (χ1n) is 5.73. The number of aromatic hydroxyl groups is 2. The molecule has 0 aliphatic rings. The fourth-order valence-corrected chi connectivity index (χ4v) is 1.66. The summed E-state index contributed by atoms with van der Waals surface area (Å²) >= 11 is 0. The third-order valence-corrected chi connectivity index (χ3v) is 2.63. The van der Waals surface area contributed by atoms with E-state index in [2.05, 4.69) is 5.32 Å². The molecule has 2 rings (SSSR count). The van der Waals surface area contributed by atoms with Crippen LogP contribution in [0.15, 0.2) is 27.8 Å². The Labute approximate surface area is 150 Å². The SMILES string of the molecule is O=C(O)c1cc(NC(=O)c2c(O)[nH]c(=O)[nH]c2=O)ccc1O.[H-].[Na+]. The number of carbonyl (C=O) groups excluding carboxylic acids is 1. The number of hydrogen-bond donors (Lipinski definition) is 6. The van der Waals surface area contributed by atoms with Crippen molar-refractivity contribution in [3.8, 4) is 11.6 Å². The number of carbonyl (C=O) groups is 2. The maximum Gasteiger partial charge on any atom is 1.00 e. The predicted octanol–water partition coefficient (Wildman–Crippen LogP) is -3.46. The standard InChI is InChI=1S/C12H9N3O7.Na.H/c16-6-2-1-4(3-5(6)11(20)21)13-8(17)7-9(18)14-12(22)15-10(7)19;;/h1-3,16H,(H,13,17)(H,20,21)(H3,14,15,18,19,22);;/q;+1;-1. The second-order valence-corrected chi connectivity index (χ2v) is 4.12. The van der Waals surface area contributed by atoms with E-state index in [4.69, 9.17) is 5.11 Å². The monoisotopic (exact) mass is 331 g/mol. The zero-order valence-electron chi connectivity index (χ0n) is 12.7. The number of benzene rings is 1. The van der Waals surface area contributed by atoms with Gasteiger partial charge in [0.25, 0.3) is 11.5 Å². The first-order valence-corrected chi connectivity index (χ1v) is 5.73. The molecular weight excluding hydrogens is 321 g/mol. The van der Waals surface area contributed by atoms with E-state index in [-0.39, 0.29) is 36.7 Å². The molecule has 1 aromatic heterocycles. The van der Waals surface area contributed by atoms with Crippen LogP contribution in [0.3, 0.4) is 0 Å². The van der Waals surface area contributed by atoms with E-state index >= 15 is 0 Å². The average Bonchev–Trinajstić information content (AvgIpc) is 2.39. The van der Waals surface area contributed by atoms with Gasteiger partial charge < -0.3 is 22.1 Å². The molecule has 0 atom stereocenters. The second kappa shape index (κ2) is 7.13. The van der Waals surface area contributed by atoms with Crippen molar-refractivity contribution < 1.29 is 55.9 Å². The van der Waals surface area contributed by atoms with Gasteiger partial charge in [-0.15, -0.1) is 0 Å². The predicted molar refractivity (Wildman–Crippen MR) is 73.5 cm³/mol. The first-order chi connectivity index (χ1) is 10.3. The van der Waals surface area contributed by atoms with E-state index in [0.717, 1.165) is 12.1 Å². The summed E-state index contributed by atoms with van der Waals surface area (Å²) in [5, 5.41) is 29.8. The van der Waals surface area contributed by atoms with Gasteiger partial charge >= 0.3 is 41.2 Å². The summed E-state index contributed by atoms with van der Waals surface area (Å²) in [7, 11) is 0. The smallest absolute Gasteiger partial charge is 1.00 e. The molecular formula is C12H10N3NaO7. The molecule has 1 aromatic carbocycles. The number of carboxylic acid groups (broad SMARTS) is 1. The summed E-state index contributed by atoms with van der Waals surface area (Å²) in [6.45, 7) is 0. The number of amides is 1. The summed E-state index contributed by atoms with van der Waals surface area (Å²) in [4.78, 5) is 48.8. The molecule has 0 saturated carbocycles. The van der Waals surface area contributed by atoms with Crippen LogP contribution >= 0.6 is 0 Å². The molecule has 23 heavy (non-hydrogen) atoms. The Balaban J connectivity index is 0.00000264. The van der Waals surface area contributed by atoms with E-state index < -0.39 is 45.9 Å². The number of hydrogen-bond acceptors (Lipinski definition) is 6. The molecule has 1 amide bonds. The molecule has 10 nitrogen and oxygen atoms in total. The Hall–Kier alpha value is -2.56. The topological polar surface area (TPSA) is 173 Å². The Bertz CT molecular complexity index is 893. The number of phenols is 1. The van der Waals surface area contributed by atoms with E-state index in [1.54, 1.807) is 4.98 Å². The fourth-order valence-electron chi connectivity index (χ4n) is 1.66. The normalized spacial score (nSPS) is 9.74. The van der Waals surface area contributed by atoms with Crippen molar-refractivity contribution in [1.82, 2.24) is 9.97 Å². The molecule has 0 unspecified atom stereocenters. The largest absolute Gasteiger partial charge is 1.00 e. The third kappa shape index (κ3) is 4.00. The van der Waals surface area contributed by atoms with Crippen molar-refractivity contribution in [1.29, 1.82) is 0 Å². The minimum atomic E-state index is -1.42. The Kier molecular flexibility index (Phi) is 5.73. The molecule has 0 bridgehead atoms. The number of aromatic nitrogens is 2. The van der Waals surface area contributed by atoms with Crippen molar-refractivity contribution in [2.24, 2.45) is 0 Å². The maximum atomic E-state index is 11.9. The Morgan fingerprint density at radius 2 is 1.78 bits per heavy atom. The van der Waals surface area contributed by atoms with Crippen LogP contribution < -0.4 is 46.1 Å². The van der Waals surface area contributed by atoms with Crippen LogP contribution in [0.1, 0.15) is 22.1 Å². The summed E-state index contributed by atoms with van der Waals surface area (Å²) in [6.07, 6.45) is 0. The summed E-state index contributed by atoms with van der Waals surface area (Å²) in [5.41, 5.74) is -3.35. The number of aromatic amines is 2. The van der Waals surface area contributed by atoms with Crippen molar-refractivity contribution in [3.63, 3.8) is 0 Å².